The van der Waals surface area contributed by atoms with Gasteiger partial charge in [0.2, 0.25) is 0 Å². The van der Waals surface area contributed by atoms with Gasteiger partial charge in [-0.25, -0.2) is 0 Å². The van der Waals surface area contributed by atoms with Gasteiger partial charge in [0, 0.05) is 19.3 Å². The summed E-state index contributed by atoms with van der Waals surface area (Å²) in [6.07, 6.45) is 2.13. The number of hydrogen-bond donors (Lipinski definition) is 1. The number of rotatable bonds is 8. The Hall–Kier alpha value is -0.860. The van der Waals surface area contributed by atoms with E-state index in [9.17, 15) is 0 Å². The Morgan fingerprint density at radius 2 is 2.06 bits per heavy atom. The van der Waals surface area contributed by atoms with Crippen molar-refractivity contribution in [3.05, 3.63) is 35.4 Å². The minimum Gasteiger partial charge on any atom is -0.381 e. The molecule has 0 aliphatic carbocycles. The monoisotopic (exact) mass is 235 g/mol. The topological polar surface area (TPSA) is 21.3 Å². The van der Waals surface area contributed by atoms with Gasteiger partial charge < -0.3 is 10.1 Å². The Labute approximate surface area is 105 Å². The molecule has 0 saturated heterocycles. The summed E-state index contributed by atoms with van der Waals surface area (Å²) in [6.45, 7) is 9.12. The number of nitrogens with one attached hydrogen (secondary N) is 1. The normalized spacial score (nSPS) is 12.6. The fraction of sp³-hybridized carbons (Fsp3) is 0.600. The predicted octanol–water partition coefficient (Wildman–Crippen LogP) is 3.46. The highest BCUT2D eigenvalue weighted by Crippen LogP contribution is 2.17. The summed E-state index contributed by atoms with van der Waals surface area (Å²) in [6, 6.07) is 9.13. The zero-order valence-electron chi connectivity index (χ0n) is 11.3. The molecule has 0 fully saturated rings. The van der Waals surface area contributed by atoms with E-state index in [4.69, 9.17) is 4.74 Å². The van der Waals surface area contributed by atoms with E-state index in [-0.39, 0.29) is 0 Å². The highest BCUT2D eigenvalue weighted by atomic mass is 16.5. The zero-order chi connectivity index (χ0) is 12.5. The molecule has 0 spiro atoms. The molecule has 1 aromatic carbocycles. The molecular weight excluding hydrogens is 210 g/mol. The molecule has 2 heteroatoms. The Morgan fingerprint density at radius 3 is 2.71 bits per heavy atom. The molecule has 17 heavy (non-hydrogen) atoms. The first-order chi connectivity index (χ1) is 8.27. The lowest BCUT2D eigenvalue weighted by Gasteiger charge is -2.18. The molecule has 0 saturated carbocycles. The smallest absolute Gasteiger partial charge is 0.0484 e. The van der Waals surface area contributed by atoms with Crippen molar-refractivity contribution in [1.82, 2.24) is 5.32 Å². The highest BCUT2D eigenvalue weighted by Gasteiger charge is 2.09. The lowest BCUT2D eigenvalue weighted by Crippen LogP contribution is -2.22. The second kappa shape index (κ2) is 8.26. The second-order valence-corrected chi connectivity index (χ2v) is 4.43. The van der Waals surface area contributed by atoms with Crippen LogP contribution in [0.5, 0.6) is 0 Å². The van der Waals surface area contributed by atoms with Gasteiger partial charge in [0.15, 0.2) is 0 Å². The van der Waals surface area contributed by atoms with E-state index >= 15 is 0 Å². The van der Waals surface area contributed by atoms with Crippen molar-refractivity contribution >= 4 is 0 Å². The quantitative estimate of drug-likeness (QED) is 0.697. The lowest BCUT2D eigenvalue weighted by atomic mass is 10.0. The van der Waals surface area contributed by atoms with Crippen molar-refractivity contribution in [2.75, 3.05) is 19.8 Å². The van der Waals surface area contributed by atoms with E-state index in [1.807, 2.05) is 0 Å². The molecule has 0 aromatic heterocycles. The molecule has 1 aromatic rings. The maximum atomic E-state index is 5.57. The van der Waals surface area contributed by atoms with E-state index in [0.717, 1.165) is 32.6 Å². The van der Waals surface area contributed by atoms with E-state index in [2.05, 4.69) is 50.4 Å². The standard InChI is InChI=1S/C15H25NO/c1-4-10-17-11-9-15(16-5-2)14-8-6-7-13(3)12-14/h6-8,12,15-16H,4-5,9-11H2,1-3H3. The van der Waals surface area contributed by atoms with Gasteiger partial charge in [-0.05, 0) is 31.9 Å². The lowest BCUT2D eigenvalue weighted by molar-refractivity contribution is 0.124. The van der Waals surface area contributed by atoms with Crippen molar-refractivity contribution in [1.29, 1.82) is 0 Å². The minimum atomic E-state index is 0.414. The van der Waals surface area contributed by atoms with Gasteiger partial charge in [-0.2, -0.15) is 0 Å². The first kappa shape index (κ1) is 14.2. The molecule has 0 heterocycles. The van der Waals surface area contributed by atoms with Crippen molar-refractivity contribution in [2.45, 2.75) is 39.7 Å². The summed E-state index contributed by atoms with van der Waals surface area (Å²) in [5.41, 5.74) is 2.69. The second-order valence-electron chi connectivity index (χ2n) is 4.43. The van der Waals surface area contributed by atoms with E-state index in [0.29, 0.717) is 6.04 Å². The van der Waals surface area contributed by atoms with Gasteiger partial charge in [0.05, 0.1) is 0 Å². The van der Waals surface area contributed by atoms with Crippen LogP contribution in [0.2, 0.25) is 0 Å². The molecule has 0 aliphatic rings. The first-order valence-corrected chi connectivity index (χ1v) is 6.65. The molecule has 0 radical (unpaired) electrons. The molecule has 1 rings (SSSR count). The summed E-state index contributed by atoms with van der Waals surface area (Å²) in [4.78, 5) is 0. The SMILES string of the molecule is CCCOCCC(NCC)c1cccc(C)c1. The van der Waals surface area contributed by atoms with Crippen LogP contribution in [0.25, 0.3) is 0 Å². The van der Waals surface area contributed by atoms with Crippen LogP contribution in [0.15, 0.2) is 24.3 Å². The molecule has 2 nitrogen and oxygen atoms in total. The van der Waals surface area contributed by atoms with Gasteiger partial charge in [-0.1, -0.05) is 43.7 Å². The van der Waals surface area contributed by atoms with E-state index in [1.54, 1.807) is 0 Å². The third-order valence-corrected chi connectivity index (χ3v) is 2.79. The number of aryl methyl sites for hydroxylation is 1. The molecule has 96 valence electrons. The van der Waals surface area contributed by atoms with Gasteiger partial charge in [-0.3, -0.25) is 0 Å². The Bertz CT molecular complexity index is 312. The fourth-order valence-corrected chi connectivity index (χ4v) is 1.97. The van der Waals surface area contributed by atoms with Gasteiger partial charge in [0.1, 0.15) is 0 Å². The van der Waals surface area contributed by atoms with Crippen LogP contribution in [0.1, 0.15) is 43.9 Å². The number of benzene rings is 1. The van der Waals surface area contributed by atoms with Crippen LogP contribution in [-0.4, -0.2) is 19.8 Å². The third kappa shape index (κ3) is 5.33. The van der Waals surface area contributed by atoms with Gasteiger partial charge in [0.25, 0.3) is 0 Å². The summed E-state index contributed by atoms with van der Waals surface area (Å²) in [5.74, 6) is 0. The number of hydrogen-bond acceptors (Lipinski definition) is 2. The highest BCUT2D eigenvalue weighted by molar-refractivity contribution is 5.25. The molecule has 1 atom stereocenters. The van der Waals surface area contributed by atoms with Crippen molar-refractivity contribution in [3.8, 4) is 0 Å². The molecule has 0 aliphatic heterocycles. The average Bonchev–Trinajstić information content (AvgIpc) is 2.33. The number of ether oxygens (including phenoxy) is 1. The van der Waals surface area contributed by atoms with Crippen LogP contribution in [0.3, 0.4) is 0 Å². The van der Waals surface area contributed by atoms with Gasteiger partial charge >= 0.3 is 0 Å². The average molecular weight is 235 g/mol. The maximum absolute atomic E-state index is 5.57. The Morgan fingerprint density at radius 1 is 1.24 bits per heavy atom. The summed E-state index contributed by atoms with van der Waals surface area (Å²) >= 11 is 0. The molecule has 0 bridgehead atoms. The van der Waals surface area contributed by atoms with Crippen LogP contribution in [0.4, 0.5) is 0 Å². The Balaban J connectivity index is 2.52. The molecule has 1 unspecified atom stereocenters. The van der Waals surface area contributed by atoms with Crippen molar-refractivity contribution < 1.29 is 4.74 Å². The third-order valence-electron chi connectivity index (χ3n) is 2.79. The molecular formula is C15H25NO. The van der Waals surface area contributed by atoms with E-state index < -0.39 is 0 Å². The largest absolute Gasteiger partial charge is 0.381 e. The fourth-order valence-electron chi connectivity index (χ4n) is 1.97. The predicted molar refractivity (Wildman–Crippen MR) is 73.3 cm³/mol. The Kier molecular flexibility index (Phi) is 6.90. The van der Waals surface area contributed by atoms with Gasteiger partial charge in [-0.15, -0.1) is 0 Å². The minimum absolute atomic E-state index is 0.414. The van der Waals surface area contributed by atoms with E-state index in [1.165, 1.54) is 11.1 Å². The molecule has 0 amide bonds. The summed E-state index contributed by atoms with van der Waals surface area (Å²) < 4.78 is 5.57. The van der Waals surface area contributed by atoms with Crippen molar-refractivity contribution in [2.24, 2.45) is 0 Å². The van der Waals surface area contributed by atoms with Crippen LogP contribution in [-0.2, 0) is 4.74 Å². The summed E-state index contributed by atoms with van der Waals surface area (Å²) in [7, 11) is 0. The first-order valence-electron chi connectivity index (χ1n) is 6.65. The van der Waals surface area contributed by atoms with Crippen LogP contribution in [0, 0.1) is 6.92 Å². The molecule has 1 N–H and O–H groups in total. The van der Waals surface area contributed by atoms with Crippen molar-refractivity contribution in [3.63, 3.8) is 0 Å². The zero-order valence-corrected chi connectivity index (χ0v) is 11.3. The van der Waals surface area contributed by atoms with Crippen LogP contribution < -0.4 is 5.32 Å². The van der Waals surface area contributed by atoms with Crippen LogP contribution >= 0.6 is 0 Å². The summed E-state index contributed by atoms with van der Waals surface area (Å²) in [5, 5.41) is 3.52. The maximum Gasteiger partial charge on any atom is 0.0484 e.